The van der Waals surface area contributed by atoms with Crippen LogP contribution in [0.15, 0.2) is 24.3 Å². The summed E-state index contributed by atoms with van der Waals surface area (Å²) in [5.74, 6) is 0.637. The van der Waals surface area contributed by atoms with Crippen LogP contribution in [-0.4, -0.2) is 41.3 Å². The van der Waals surface area contributed by atoms with Gasteiger partial charge in [0.1, 0.15) is 6.10 Å². The summed E-state index contributed by atoms with van der Waals surface area (Å²) in [4.78, 5) is 39.0. The van der Waals surface area contributed by atoms with E-state index in [1.807, 2.05) is 0 Å². The summed E-state index contributed by atoms with van der Waals surface area (Å²) in [7, 11) is 0. The van der Waals surface area contributed by atoms with Crippen molar-refractivity contribution < 1.29 is 29.0 Å². The number of hydrogen-bond acceptors (Lipinski definition) is 6. The third-order valence-corrected chi connectivity index (χ3v) is 9.44. The second-order valence-electron chi connectivity index (χ2n) is 12.9. The average molecular weight is 512 g/mol. The van der Waals surface area contributed by atoms with E-state index in [-0.39, 0.29) is 12.1 Å². The summed E-state index contributed by atoms with van der Waals surface area (Å²) >= 11 is 0. The first-order valence-electron chi connectivity index (χ1n) is 14.1. The highest BCUT2D eigenvalue weighted by Crippen LogP contribution is 2.62. The van der Waals surface area contributed by atoms with Crippen molar-refractivity contribution in [2.45, 2.75) is 90.3 Å². The van der Waals surface area contributed by atoms with Crippen LogP contribution in [0.4, 0.5) is 5.69 Å². The molecular weight excluding hydrogens is 470 g/mol. The molecule has 202 valence electrons. The van der Waals surface area contributed by atoms with Crippen LogP contribution < -0.4 is 5.32 Å². The lowest BCUT2D eigenvalue weighted by Gasteiger charge is -2.58. The van der Waals surface area contributed by atoms with Crippen molar-refractivity contribution in [3.05, 3.63) is 29.8 Å². The Morgan fingerprint density at radius 1 is 1.05 bits per heavy atom. The van der Waals surface area contributed by atoms with Crippen LogP contribution in [0.2, 0.25) is 0 Å². The number of carbonyl (C=O) groups excluding carboxylic acids is 3. The van der Waals surface area contributed by atoms with Gasteiger partial charge in [-0.1, -0.05) is 39.3 Å². The van der Waals surface area contributed by atoms with Gasteiger partial charge in [-0.15, -0.1) is 0 Å². The Morgan fingerprint density at radius 3 is 2.43 bits per heavy atom. The zero-order valence-corrected chi connectivity index (χ0v) is 22.3. The number of aliphatic hydroxyl groups is 1. The molecule has 4 bridgehead atoms. The highest BCUT2D eigenvalue weighted by molar-refractivity contribution is 6.02. The lowest BCUT2D eigenvalue weighted by molar-refractivity contribution is -0.196. The van der Waals surface area contributed by atoms with Crippen LogP contribution in [0.25, 0.3) is 0 Å². The van der Waals surface area contributed by atoms with E-state index in [1.165, 1.54) is 0 Å². The third-order valence-electron chi connectivity index (χ3n) is 9.44. The number of ether oxygens (including phenoxy) is 2. The molecular formula is C30H41NO6. The third kappa shape index (κ3) is 5.43. The van der Waals surface area contributed by atoms with E-state index in [0.29, 0.717) is 47.3 Å². The first-order valence-corrected chi connectivity index (χ1v) is 14.1. The lowest BCUT2D eigenvalue weighted by Crippen LogP contribution is -2.58. The number of nitrogens with one attached hydrogen (secondary N) is 1. The molecule has 5 aliphatic carbocycles. The molecule has 5 saturated carbocycles. The van der Waals surface area contributed by atoms with Crippen LogP contribution in [0.1, 0.15) is 88.9 Å². The predicted octanol–water partition coefficient (Wildman–Crippen LogP) is 5.12. The molecule has 0 saturated heterocycles. The molecule has 0 unspecified atom stereocenters. The molecule has 0 spiro atoms. The molecule has 5 aliphatic rings. The van der Waals surface area contributed by atoms with Gasteiger partial charge in [0.05, 0.1) is 22.3 Å². The van der Waals surface area contributed by atoms with Crippen molar-refractivity contribution in [1.82, 2.24) is 0 Å². The van der Waals surface area contributed by atoms with E-state index in [2.05, 4.69) is 26.1 Å². The van der Waals surface area contributed by atoms with Gasteiger partial charge in [0.25, 0.3) is 5.91 Å². The van der Waals surface area contributed by atoms with Crippen LogP contribution >= 0.6 is 0 Å². The molecule has 0 radical (unpaired) electrons. The van der Waals surface area contributed by atoms with E-state index in [0.717, 1.165) is 51.4 Å². The molecule has 2 N–H and O–H groups in total. The van der Waals surface area contributed by atoms with E-state index < -0.39 is 29.5 Å². The summed E-state index contributed by atoms with van der Waals surface area (Å²) in [6.07, 6.45) is 7.39. The fourth-order valence-corrected chi connectivity index (χ4v) is 8.14. The summed E-state index contributed by atoms with van der Waals surface area (Å²) in [6.45, 7) is 6.10. The number of anilines is 1. The molecule has 1 amide bonds. The number of esters is 2. The largest absolute Gasteiger partial charge is 0.458 e. The van der Waals surface area contributed by atoms with Crippen molar-refractivity contribution >= 4 is 23.5 Å². The number of benzene rings is 1. The minimum Gasteiger partial charge on any atom is -0.458 e. The SMILES string of the molecule is CC(C)[C@H]1CC[C@@H](C)C[C@H]1OC(=O)c1ccccc1NC(=O)COC(=O)C12C[C@H]3C[C@@H](CC(O)(C3)C1)C2. The van der Waals surface area contributed by atoms with Gasteiger partial charge in [-0.3, -0.25) is 9.59 Å². The van der Waals surface area contributed by atoms with Crippen LogP contribution in [0.3, 0.4) is 0 Å². The Morgan fingerprint density at radius 2 is 1.76 bits per heavy atom. The molecule has 1 aromatic rings. The molecule has 7 heteroatoms. The van der Waals surface area contributed by atoms with Gasteiger partial charge >= 0.3 is 11.9 Å². The summed E-state index contributed by atoms with van der Waals surface area (Å²) in [5, 5.41) is 13.7. The Kier molecular flexibility index (Phi) is 7.12. The molecule has 0 aromatic heterocycles. The normalized spacial score (nSPS) is 36.3. The zero-order valence-electron chi connectivity index (χ0n) is 22.3. The van der Waals surface area contributed by atoms with Crippen LogP contribution in [0.5, 0.6) is 0 Å². The zero-order chi connectivity index (χ0) is 26.4. The quantitative estimate of drug-likeness (QED) is 0.493. The first-order chi connectivity index (χ1) is 17.6. The Balaban J connectivity index is 1.20. The van der Waals surface area contributed by atoms with Gasteiger partial charge in [-0.25, -0.2) is 4.79 Å². The number of amides is 1. The Hall–Kier alpha value is -2.41. The first kappa shape index (κ1) is 26.2. The number of rotatable bonds is 7. The summed E-state index contributed by atoms with van der Waals surface area (Å²) in [5.41, 5.74) is -0.797. The number of hydrogen-bond donors (Lipinski definition) is 2. The van der Waals surface area contributed by atoms with Crippen LogP contribution in [0, 0.1) is 35.0 Å². The van der Waals surface area contributed by atoms with Gasteiger partial charge in [-0.2, -0.15) is 0 Å². The van der Waals surface area contributed by atoms with Crippen molar-refractivity contribution in [1.29, 1.82) is 0 Å². The van der Waals surface area contributed by atoms with Crippen LogP contribution in [-0.2, 0) is 19.1 Å². The maximum atomic E-state index is 13.2. The average Bonchev–Trinajstić information content (AvgIpc) is 2.81. The predicted molar refractivity (Wildman–Crippen MR) is 139 cm³/mol. The number of carbonyl (C=O) groups is 3. The van der Waals surface area contributed by atoms with Crippen molar-refractivity contribution in [3.8, 4) is 0 Å². The minimum atomic E-state index is -0.768. The molecule has 37 heavy (non-hydrogen) atoms. The molecule has 7 nitrogen and oxygen atoms in total. The van der Waals surface area contributed by atoms with Gasteiger partial charge in [0.15, 0.2) is 6.61 Å². The summed E-state index contributed by atoms with van der Waals surface area (Å²) in [6, 6.07) is 6.80. The van der Waals surface area contributed by atoms with Crippen molar-refractivity contribution in [2.24, 2.45) is 35.0 Å². The van der Waals surface area contributed by atoms with Gasteiger partial charge in [0, 0.05) is 0 Å². The van der Waals surface area contributed by atoms with E-state index in [9.17, 15) is 19.5 Å². The smallest absolute Gasteiger partial charge is 0.340 e. The molecule has 0 heterocycles. The summed E-state index contributed by atoms with van der Waals surface area (Å²) < 4.78 is 11.5. The fourth-order valence-electron chi connectivity index (χ4n) is 8.14. The second-order valence-corrected chi connectivity index (χ2v) is 12.9. The topological polar surface area (TPSA) is 102 Å². The van der Waals surface area contributed by atoms with Crippen molar-refractivity contribution in [2.75, 3.05) is 11.9 Å². The van der Waals surface area contributed by atoms with Gasteiger partial charge in [0.2, 0.25) is 0 Å². The molecule has 6 rings (SSSR count). The Labute approximate surface area is 219 Å². The number of para-hydroxylation sites is 1. The van der Waals surface area contributed by atoms with Crippen molar-refractivity contribution in [3.63, 3.8) is 0 Å². The highest BCUT2D eigenvalue weighted by Gasteiger charge is 2.61. The molecule has 5 atom stereocenters. The maximum Gasteiger partial charge on any atom is 0.340 e. The van der Waals surface area contributed by atoms with Gasteiger partial charge in [-0.05, 0) is 93.1 Å². The highest BCUT2D eigenvalue weighted by atomic mass is 16.5. The minimum absolute atomic E-state index is 0.143. The molecule has 0 aliphatic heterocycles. The Bertz CT molecular complexity index is 1040. The monoisotopic (exact) mass is 511 g/mol. The standard InChI is InChI=1S/C30H41NO6/c1-18(2)22-9-8-19(3)10-25(22)37-27(33)23-6-4-5-7-24(23)31-26(32)16-36-28(34)29-12-20-11-21(13-29)15-30(35,14-20)17-29/h4-7,18-22,25,35H,8-17H2,1-3H3,(H,31,32)/t19-,20-,21-,22-,25-,29?,30?/m1/s1. The second kappa shape index (κ2) is 10.0. The molecule has 5 fully saturated rings. The van der Waals surface area contributed by atoms with Gasteiger partial charge < -0.3 is 19.9 Å². The lowest BCUT2D eigenvalue weighted by atomic mass is 9.48. The van der Waals surface area contributed by atoms with E-state index >= 15 is 0 Å². The molecule has 1 aromatic carbocycles. The van der Waals surface area contributed by atoms with E-state index in [1.54, 1.807) is 24.3 Å². The maximum absolute atomic E-state index is 13.2. The fraction of sp³-hybridized carbons (Fsp3) is 0.700. The van der Waals surface area contributed by atoms with E-state index in [4.69, 9.17) is 9.47 Å².